The van der Waals surface area contributed by atoms with E-state index in [1.54, 1.807) is 27.7 Å². The molecule has 6 aliphatic heterocycles. The maximum Gasteiger partial charge on any atom is 0.421 e. The topological polar surface area (TPSA) is 263 Å². The Morgan fingerprint density at radius 3 is 1.52 bits per heavy atom. The lowest BCUT2D eigenvalue weighted by atomic mass is 9.86. The third-order valence-corrected chi connectivity index (χ3v) is 16.0. The lowest BCUT2D eigenvalue weighted by molar-refractivity contribution is -0.138. The van der Waals surface area contributed by atoms with Gasteiger partial charge in [0.25, 0.3) is 11.1 Å². The first-order valence-electron chi connectivity index (χ1n) is 36.5. The van der Waals surface area contributed by atoms with Crippen LogP contribution >= 0.6 is 0 Å². The summed E-state index contributed by atoms with van der Waals surface area (Å²) in [7, 11) is 0. The van der Waals surface area contributed by atoms with Crippen LogP contribution in [0.5, 0.6) is 0 Å². The predicted octanol–water partition coefficient (Wildman–Crippen LogP) is 22.5. The molecular weight excluding hydrogens is 1380 g/mol. The van der Waals surface area contributed by atoms with E-state index in [-0.39, 0.29) is 56.3 Å². The number of aromatic amines is 3. The Morgan fingerprint density at radius 1 is 0.587 bits per heavy atom. The summed E-state index contributed by atoms with van der Waals surface area (Å²) < 4.78 is 47.7. The maximum atomic E-state index is 12.4. The molecule has 23 heteroatoms. The molecule has 5 N–H and O–H groups in total. The van der Waals surface area contributed by atoms with Crippen molar-refractivity contribution in [3.05, 3.63) is 212 Å². The van der Waals surface area contributed by atoms with E-state index in [4.69, 9.17) is 14.0 Å². The molecule has 0 saturated carbocycles. The maximum absolute atomic E-state index is 12.4. The Hall–Kier alpha value is -9.15. The summed E-state index contributed by atoms with van der Waals surface area (Å²) in [5.41, 5.74) is 10.5. The molecule has 604 valence electrons. The SMILES string of the molecule is C.C=C1C=CC(C(C)(C)C)=NC1.C=C1CC(C(C)(C)C)=CN1.C=C1CC(C(C)(C)C)=NO1.C=C1NC=C(C(C)(C)C)O1.CC(C)(C)C1=CCC=N1.CC(C)(C)c1c[nH]c(=O)c(C(F)(F)F)c1.CC(C)(C)c1cc(=O)[nH]cn1.CC(C)(C)c1ccc2c(c1)CN=N2.CC(C)(C)c1ncn[nH]1.Cc1nnc(C(C)(C)C)o1. The van der Waals surface area contributed by atoms with Gasteiger partial charge in [0.2, 0.25) is 11.8 Å². The number of alkyl halides is 3. The second kappa shape index (κ2) is 40.0. The number of H-pyrrole nitrogens is 3. The number of nitrogens with one attached hydrogen (secondary N) is 5. The van der Waals surface area contributed by atoms with Gasteiger partial charge in [-0.05, 0) is 63.3 Å². The number of allylic oxidation sites excluding steroid dienone is 6. The van der Waals surface area contributed by atoms with Gasteiger partial charge in [0.15, 0.2) is 5.88 Å². The number of aryl methyl sites for hydroxylation is 1. The summed E-state index contributed by atoms with van der Waals surface area (Å²) in [6.45, 7) is 81.1. The van der Waals surface area contributed by atoms with Crippen LogP contribution < -0.4 is 21.8 Å². The largest absolute Gasteiger partial charge is 0.444 e. The number of aliphatic imine (C=N–C) groups is 2. The summed E-state index contributed by atoms with van der Waals surface area (Å²) in [5.74, 6) is 4.57. The number of azo groups is 1. The van der Waals surface area contributed by atoms with Gasteiger partial charge in [0, 0.05) is 111 Å². The first-order valence-corrected chi connectivity index (χ1v) is 36.5. The van der Waals surface area contributed by atoms with E-state index >= 15 is 0 Å². The number of benzene rings is 1. The fraction of sp³-hybridized carbons (Fsp3) is 0.558. The molecule has 0 spiro atoms. The summed E-state index contributed by atoms with van der Waals surface area (Å²) in [5, 5.41) is 32.2. The highest BCUT2D eigenvalue weighted by Gasteiger charge is 2.35. The number of hydrogen-bond donors (Lipinski definition) is 5. The van der Waals surface area contributed by atoms with Gasteiger partial charge in [0.1, 0.15) is 29.2 Å². The van der Waals surface area contributed by atoms with Gasteiger partial charge in [-0.3, -0.25) is 24.7 Å². The summed E-state index contributed by atoms with van der Waals surface area (Å²) in [6, 6.07) is 8.85. The molecule has 6 aliphatic rings. The Morgan fingerprint density at radius 2 is 1.20 bits per heavy atom. The van der Waals surface area contributed by atoms with Gasteiger partial charge < -0.3 is 34.6 Å². The second-order valence-electron chi connectivity index (χ2n) is 37.1. The first kappa shape index (κ1) is 97.9. The van der Waals surface area contributed by atoms with Crippen molar-refractivity contribution in [3.63, 3.8) is 0 Å². The Bertz CT molecular complexity index is 4070. The van der Waals surface area contributed by atoms with Crippen LogP contribution in [0.1, 0.15) is 280 Å². The average Bonchev–Trinajstić information content (AvgIpc) is 1.69. The number of fused-ring (bicyclic) bond motifs is 1. The molecule has 0 amide bonds. The molecule has 0 bridgehead atoms. The number of halogens is 3. The molecule has 0 radical (unpaired) electrons. The third kappa shape index (κ3) is 36.7. The Balaban J connectivity index is 0.000000607. The molecule has 0 saturated heterocycles. The minimum atomic E-state index is -4.60. The van der Waals surface area contributed by atoms with Gasteiger partial charge >= 0.3 is 6.18 Å². The van der Waals surface area contributed by atoms with Crippen molar-refractivity contribution in [2.75, 3.05) is 6.54 Å². The molecule has 10 heterocycles. The Labute approximate surface area is 650 Å². The molecule has 0 unspecified atom stereocenters. The molecule has 4 aromatic heterocycles. The van der Waals surface area contributed by atoms with Gasteiger partial charge in [-0.2, -0.15) is 28.5 Å². The zero-order chi connectivity index (χ0) is 83.2. The van der Waals surface area contributed by atoms with Crippen LogP contribution in [0.25, 0.3) is 0 Å². The molecule has 109 heavy (non-hydrogen) atoms. The van der Waals surface area contributed by atoms with Crippen molar-refractivity contribution >= 4 is 23.3 Å². The summed E-state index contributed by atoms with van der Waals surface area (Å²) >= 11 is 0. The molecule has 0 aliphatic carbocycles. The molecular formula is C86H134F3N15O5. The van der Waals surface area contributed by atoms with Gasteiger partial charge in [-0.25, -0.2) is 9.97 Å². The van der Waals surface area contributed by atoms with Gasteiger partial charge in [-0.15, -0.1) is 10.2 Å². The smallest absolute Gasteiger partial charge is 0.421 e. The Kier molecular flexibility index (Phi) is 35.9. The quantitative estimate of drug-likeness (QED) is 0.0969. The van der Waals surface area contributed by atoms with Crippen LogP contribution in [-0.2, 0) is 49.4 Å². The summed E-state index contributed by atoms with van der Waals surface area (Å²) in [6.07, 6.45) is 14.7. The van der Waals surface area contributed by atoms with E-state index in [1.165, 1.54) is 53.0 Å². The van der Waals surface area contributed by atoms with Crippen molar-refractivity contribution in [1.82, 2.24) is 51.0 Å². The molecule has 5 aromatic rings. The third-order valence-electron chi connectivity index (χ3n) is 16.0. The first-order chi connectivity index (χ1) is 48.9. The summed E-state index contributed by atoms with van der Waals surface area (Å²) in [4.78, 5) is 48.0. The zero-order valence-corrected chi connectivity index (χ0v) is 71.1. The van der Waals surface area contributed by atoms with E-state index in [0.29, 0.717) is 28.6 Å². The zero-order valence-electron chi connectivity index (χ0n) is 71.1. The number of hydrogen-bond acceptors (Lipinski definition) is 17. The van der Waals surface area contributed by atoms with Crippen LogP contribution in [0.15, 0.2) is 185 Å². The van der Waals surface area contributed by atoms with Crippen molar-refractivity contribution < 1.29 is 27.2 Å². The van der Waals surface area contributed by atoms with Crippen molar-refractivity contribution in [2.24, 2.45) is 52.4 Å². The molecule has 0 atom stereocenters. The van der Waals surface area contributed by atoms with Crippen molar-refractivity contribution in [1.29, 1.82) is 0 Å². The number of rotatable bonds is 0. The van der Waals surface area contributed by atoms with Gasteiger partial charge in [0.05, 0.1) is 42.9 Å². The number of oxime groups is 1. The molecule has 0 fully saturated rings. The highest BCUT2D eigenvalue weighted by molar-refractivity contribution is 6.00. The fourth-order valence-corrected chi connectivity index (χ4v) is 8.86. The normalized spacial score (nSPS) is 15.2. The minimum absolute atomic E-state index is 0. The van der Waals surface area contributed by atoms with Crippen LogP contribution in [-0.4, -0.2) is 64.5 Å². The fourth-order valence-electron chi connectivity index (χ4n) is 8.86. The molecule has 20 nitrogen and oxygen atoms in total. The van der Waals surface area contributed by atoms with E-state index in [9.17, 15) is 22.8 Å². The van der Waals surface area contributed by atoms with E-state index in [1.807, 2.05) is 60.0 Å². The monoisotopic (exact) mass is 1510 g/mol. The average molecular weight is 1520 g/mol. The molecule has 11 rings (SSSR count). The molecule has 1 aromatic carbocycles. The highest BCUT2D eigenvalue weighted by Crippen LogP contribution is 2.36. The van der Waals surface area contributed by atoms with Crippen molar-refractivity contribution in [2.45, 2.75) is 281 Å². The van der Waals surface area contributed by atoms with Crippen LogP contribution in [0.4, 0.5) is 18.9 Å². The standard InChI is InChI=1S/C11H14N2.C10H12F3NO.C10H15N.C9H15N.C8H12N2O.2C8H13NO.C8H13N.C7H12N2O.C6H11N3.CH4/c1-11(2,3)9-4-5-10-8(6-9)7-12-13-10;1-9(2,3)6-4-7(10(11,12)13)8(15)14-5-6;1-8-5-6-9(11-7-8)10(2,3)4;1-7-5-8(6-10-7)9(2,3)4;1-8(2,3)6-4-7(11)10-5-9-6;1-6-9-5-7(10-6)8(2,3)4;1-6-5-7(9-10-6)8(2,3)4;1-8(2,3)7-5-4-6-9-7;1-5-8-9-6(10-5)7(2,3)4;1-6(2,3)5-7-4-8-9-5;/h4-6H,7H2,1-3H3;4-5H,1-3H3,(H,14,15);5-6H,1,7H2,2-4H3;6,10H,1,5H2,2-4H3;4-5H,1-3H3,(H,9,10,11);5,9H,1H2,2-4H3;1,5H2,2-4H3;5-6H,4H2,1-3H3;1-4H3;4H,1-3H3,(H,7,8,9);1H4. The lowest BCUT2D eigenvalue weighted by Gasteiger charge is -2.21. The van der Waals surface area contributed by atoms with E-state index in [2.05, 4.69) is 285 Å². The van der Waals surface area contributed by atoms with E-state index < -0.39 is 22.7 Å². The lowest BCUT2D eigenvalue weighted by Crippen LogP contribution is -2.24. The predicted molar refractivity (Wildman–Crippen MR) is 445 cm³/mol. The number of dihydropyridines is 1. The van der Waals surface area contributed by atoms with Crippen LogP contribution in [0.2, 0.25) is 0 Å². The number of nitrogens with zero attached hydrogens (tertiary/aromatic N) is 10. The number of aromatic nitrogens is 8. The van der Waals surface area contributed by atoms with Crippen molar-refractivity contribution in [3.8, 4) is 0 Å². The highest BCUT2D eigenvalue weighted by atomic mass is 19.4. The van der Waals surface area contributed by atoms with Gasteiger partial charge in [-0.1, -0.05) is 264 Å². The number of pyridine rings is 1. The number of ether oxygens (including phenoxy) is 1. The second-order valence-corrected chi connectivity index (χ2v) is 37.1. The van der Waals surface area contributed by atoms with E-state index in [0.717, 1.165) is 84.1 Å². The van der Waals surface area contributed by atoms with Crippen LogP contribution in [0, 0.1) is 34.0 Å². The van der Waals surface area contributed by atoms with Crippen LogP contribution in [0.3, 0.4) is 0 Å². The minimum Gasteiger partial charge on any atom is -0.444 e.